The standard InChI is InChI=1S/C21H13Cl2N5O8S2/c22-17-9-15(20(23)28-26-17)21(30)24-12-2-1-10-7-16(38(34,35)36)18(19(29)14(10)8-12)27-25-11-3-5-13(6-4-11)37(31,32)33/h1-9,29H,(H,24,30)(H,31,32,33)(H,34,35,36). The number of azo groups is 1. The number of nitrogens with zero attached hydrogens (tertiary/aromatic N) is 4. The number of aromatic hydroxyl groups is 1. The molecule has 0 spiro atoms. The van der Waals surface area contributed by atoms with Crippen molar-refractivity contribution in [3.05, 3.63) is 70.5 Å². The third-order valence-corrected chi connectivity index (χ3v) is 7.15. The topological polar surface area (TPSA) is 209 Å². The largest absolute Gasteiger partial charge is 0.505 e. The van der Waals surface area contributed by atoms with E-state index in [1.165, 1.54) is 24.3 Å². The van der Waals surface area contributed by atoms with E-state index in [9.17, 15) is 31.3 Å². The van der Waals surface area contributed by atoms with E-state index >= 15 is 0 Å². The van der Waals surface area contributed by atoms with Gasteiger partial charge in [0.05, 0.1) is 16.1 Å². The van der Waals surface area contributed by atoms with Crippen molar-refractivity contribution < 1.29 is 35.8 Å². The van der Waals surface area contributed by atoms with Crippen molar-refractivity contribution in [2.45, 2.75) is 9.79 Å². The van der Waals surface area contributed by atoms with Gasteiger partial charge in [0.25, 0.3) is 26.1 Å². The van der Waals surface area contributed by atoms with E-state index in [1.54, 1.807) is 0 Å². The molecule has 38 heavy (non-hydrogen) atoms. The van der Waals surface area contributed by atoms with Gasteiger partial charge in [0.15, 0.2) is 16.1 Å². The first-order valence-electron chi connectivity index (χ1n) is 10.0. The minimum absolute atomic E-state index is 0.0284. The lowest BCUT2D eigenvalue weighted by Gasteiger charge is -2.11. The van der Waals surface area contributed by atoms with Crippen LogP contribution in [0.4, 0.5) is 17.1 Å². The number of anilines is 1. The molecule has 0 aliphatic heterocycles. The number of nitrogens with one attached hydrogen (secondary N) is 1. The molecule has 0 fully saturated rings. The summed E-state index contributed by atoms with van der Waals surface area (Å²) in [7, 11) is -9.34. The monoisotopic (exact) mass is 597 g/mol. The zero-order chi connectivity index (χ0) is 27.8. The molecular formula is C21H13Cl2N5O8S2. The maximum Gasteiger partial charge on any atom is 0.296 e. The van der Waals surface area contributed by atoms with E-state index in [0.717, 1.165) is 30.3 Å². The minimum Gasteiger partial charge on any atom is -0.505 e. The normalized spacial score (nSPS) is 12.2. The molecule has 1 aromatic heterocycles. The van der Waals surface area contributed by atoms with Crippen LogP contribution in [0, 0.1) is 0 Å². The van der Waals surface area contributed by atoms with Gasteiger partial charge < -0.3 is 10.4 Å². The third-order valence-electron chi connectivity index (χ3n) is 4.95. The van der Waals surface area contributed by atoms with Crippen molar-refractivity contribution in [2.75, 3.05) is 5.32 Å². The van der Waals surface area contributed by atoms with Gasteiger partial charge in [-0.25, -0.2) is 0 Å². The lowest BCUT2D eigenvalue weighted by atomic mass is 10.1. The second-order valence-electron chi connectivity index (χ2n) is 7.48. The summed E-state index contributed by atoms with van der Waals surface area (Å²) in [6, 6.07) is 10.7. The molecule has 0 aliphatic rings. The molecule has 4 N–H and O–H groups in total. The van der Waals surface area contributed by atoms with Crippen LogP contribution in [0.25, 0.3) is 10.8 Å². The molecule has 0 radical (unpaired) electrons. The third kappa shape index (κ3) is 5.88. The fourth-order valence-electron chi connectivity index (χ4n) is 3.22. The van der Waals surface area contributed by atoms with Gasteiger partial charge in [0, 0.05) is 11.1 Å². The summed E-state index contributed by atoms with van der Waals surface area (Å²) < 4.78 is 65.1. The molecule has 4 rings (SSSR count). The van der Waals surface area contributed by atoms with Crippen LogP contribution in [0.2, 0.25) is 10.3 Å². The predicted octanol–water partition coefficient (Wildman–Crippen LogP) is 4.80. The van der Waals surface area contributed by atoms with Gasteiger partial charge >= 0.3 is 0 Å². The number of aromatic nitrogens is 2. The fraction of sp³-hybridized carbons (Fsp3) is 0. The van der Waals surface area contributed by atoms with Gasteiger partial charge in [-0.05, 0) is 53.9 Å². The van der Waals surface area contributed by atoms with Gasteiger partial charge in [-0.2, -0.15) is 21.9 Å². The Hall–Kier alpha value is -3.73. The van der Waals surface area contributed by atoms with E-state index in [4.69, 9.17) is 27.8 Å². The first kappa shape index (κ1) is 27.3. The molecule has 0 bridgehead atoms. The summed E-state index contributed by atoms with van der Waals surface area (Å²) in [4.78, 5) is 11.4. The molecule has 13 nitrogen and oxygen atoms in total. The highest BCUT2D eigenvalue weighted by atomic mass is 35.5. The van der Waals surface area contributed by atoms with Gasteiger partial charge in [0.1, 0.15) is 10.6 Å². The smallest absolute Gasteiger partial charge is 0.296 e. The number of fused-ring (bicyclic) bond motifs is 1. The van der Waals surface area contributed by atoms with E-state index in [1.807, 2.05) is 0 Å². The molecule has 1 amide bonds. The SMILES string of the molecule is O=C(Nc1ccc2cc(S(=O)(=O)O)c(N=Nc3ccc(S(=O)(=O)O)cc3)c(O)c2c1)c1cc(Cl)nnc1Cl. The van der Waals surface area contributed by atoms with Gasteiger partial charge in [-0.3, -0.25) is 13.9 Å². The van der Waals surface area contributed by atoms with Crippen LogP contribution in [-0.2, 0) is 20.2 Å². The van der Waals surface area contributed by atoms with Crippen LogP contribution < -0.4 is 5.32 Å². The maximum absolute atomic E-state index is 12.6. The van der Waals surface area contributed by atoms with Crippen molar-refractivity contribution >= 4 is 77.2 Å². The molecule has 17 heteroatoms. The quantitative estimate of drug-likeness (QED) is 0.176. The van der Waals surface area contributed by atoms with Gasteiger partial charge in [-0.15, -0.1) is 15.3 Å². The first-order valence-corrected chi connectivity index (χ1v) is 13.6. The average Bonchev–Trinajstić information content (AvgIpc) is 2.84. The van der Waals surface area contributed by atoms with E-state index in [2.05, 4.69) is 25.7 Å². The number of amides is 1. The second kappa shape index (κ2) is 10.2. The highest BCUT2D eigenvalue weighted by Gasteiger charge is 2.23. The molecule has 0 unspecified atom stereocenters. The number of carbonyl (C=O) groups excluding carboxylic acids is 1. The summed E-state index contributed by atoms with van der Waals surface area (Å²) in [5.74, 6) is -1.40. The van der Waals surface area contributed by atoms with Crippen LogP contribution in [0.15, 0.2) is 74.6 Å². The molecule has 4 aromatic rings. The second-order valence-corrected chi connectivity index (χ2v) is 11.0. The Balaban J connectivity index is 1.76. The minimum atomic E-state index is -4.89. The van der Waals surface area contributed by atoms with Crippen LogP contribution in [-0.4, -0.2) is 47.2 Å². The maximum atomic E-state index is 12.6. The van der Waals surface area contributed by atoms with Crippen molar-refractivity contribution in [1.82, 2.24) is 10.2 Å². The van der Waals surface area contributed by atoms with E-state index in [0.29, 0.717) is 0 Å². The molecule has 1 heterocycles. The number of halogens is 2. The Morgan fingerprint density at radius 3 is 2.18 bits per heavy atom. The zero-order valence-corrected chi connectivity index (χ0v) is 21.6. The molecule has 0 saturated carbocycles. The summed E-state index contributed by atoms with van der Waals surface area (Å²) in [6.07, 6.45) is 0. The Bertz CT molecular complexity index is 1850. The summed E-state index contributed by atoms with van der Waals surface area (Å²) in [5.41, 5.74) is -0.520. The van der Waals surface area contributed by atoms with Crippen LogP contribution in [0.5, 0.6) is 5.75 Å². The van der Waals surface area contributed by atoms with Crippen molar-refractivity contribution in [3.63, 3.8) is 0 Å². The predicted molar refractivity (Wildman–Crippen MR) is 136 cm³/mol. The van der Waals surface area contributed by atoms with E-state index < -0.39 is 47.4 Å². The summed E-state index contributed by atoms with van der Waals surface area (Å²) in [6.45, 7) is 0. The molecule has 3 aromatic carbocycles. The number of hydrogen-bond acceptors (Lipinski definition) is 10. The Morgan fingerprint density at radius 2 is 1.55 bits per heavy atom. The number of phenolic OH excluding ortho intramolecular Hbond substituents is 1. The number of rotatable bonds is 6. The van der Waals surface area contributed by atoms with Crippen molar-refractivity contribution in [1.29, 1.82) is 0 Å². The molecule has 0 saturated heterocycles. The fourth-order valence-corrected chi connectivity index (χ4v) is 4.68. The summed E-state index contributed by atoms with van der Waals surface area (Å²) in [5, 5.41) is 27.9. The highest BCUT2D eigenvalue weighted by Crippen LogP contribution is 2.42. The van der Waals surface area contributed by atoms with Crippen LogP contribution in [0.1, 0.15) is 10.4 Å². The lowest BCUT2D eigenvalue weighted by Crippen LogP contribution is -2.13. The number of phenols is 1. The highest BCUT2D eigenvalue weighted by molar-refractivity contribution is 7.86. The zero-order valence-electron chi connectivity index (χ0n) is 18.4. The lowest BCUT2D eigenvalue weighted by molar-refractivity contribution is 0.102. The molecule has 196 valence electrons. The van der Waals surface area contributed by atoms with E-state index in [-0.39, 0.29) is 38.0 Å². The van der Waals surface area contributed by atoms with Gasteiger partial charge in [-0.1, -0.05) is 29.3 Å². The van der Waals surface area contributed by atoms with Crippen molar-refractivity contribution in [2.24, 2.45) is 10.2 Å². The number of carbonyl (C=O) groups is 1. The van der Waals surface area contributed by atoms with Crippen molar-refractivity contribution in [3.8, 4) is 5.75 Å². The van der Waals surface area contributed by atoms with Crippen LogP contribution in [0.3, 0.4) is 0 Å². The first-order chi connectivity index (χ1) is 17.7. The van der Waals surface area contributed by atoms with Crippen LogP contribution >= 0.6 is 23.2 Å². The number of benzene rings is 3. The van der Waals surface area contributed by atoms with Gasteiger partial charge in [0.2, 0.25) is 0 Å². The average molecular weight is 598 g/mol. The molecular weight excluding hydrogens is 585 g/mol. The Morgan fingerprint density at radius 1 is 0.868 bits per heavy atom. The number of hydrogen-bond donors (Lipinski definition) is 4. The molecule has 0 atom stereocenters. The Labute approximate surface area is 224 Å². The Kier molecular flexibility index (Phi) is 7.33. The molecule has 0 aliphatic carbocycles. The summed E-state index contributed by atoms with van der Waals surface area (Å²) >= 11 is 11.7.